The number of carbonyl (C=O) groups excluding carboxylic acids is 1. The fourth-order valence-corrected chi connectivity index (χ4v) is 3.78. The third-order valence-electron chi connectivity index (χ3n) is 4.86. The first-order chi connectivity index (χ1) is 12.5. The normalized spacial score (nSPS) is 15.7. The van der Waals surface area contributed by atoms with Gasteiger partial charge >= 0.3 is 6.03 Å². The largest absolute Gasteiger partial charge is 0.331 e. The molecule has 0 saturated carbocycles. The first-order valence-corrected chi connectivity index (χ1v) is 8.85. The van der Waals surface area contributed by atoms with Gasteiger partial charge in [-0.2, -0.15) is 0 Å². The molecule has 1 aliphatic rings. The summed E-state index contributed by atoms with van der Waals surface area (Å²) < 4.78 is 1.52. The molecule has 1 atom stereocenters. The molecule has 5 nitrogen and oxygen atoms in total. The van der Waals surface area contributed by atoms with Gasteiger partial charge in [-0.05, 0) is 53.6 Å². The van der Waals surface area contributed by atoms with Crippen molar-refractivity contribution >= 4 is 34.1 Å². The van der Waals surface area contributed by atoms with Crippen LogP contribution in [0.4, 0.5) is 10.5 Å². The highest BCUT2D eigenvalue weighted by Crippen LogP contribution is 2.35. The van der Waals surface area contributed by atoms with Gasteiger partial charge in [0.05, 0.1) is 6.04 Å². The van der Waals surface area contributed by atoms with Gasteiger partial charge in [0, 0.05) is 29.3 Å². The van der Waals surface area contributed by atoms with Crippen LogP contribution in [0.1, 0.15) is 23.6 Å². The lowest BCUT2D eigenvalue weighted by atomic mass is 10.1. The number of benzene rings is 2. The van der Waals surface area contributed by atoms with Crippen LogP contribution in [-0.4, -0.2) is 10.6 Å². The number of fused-ring (bicyclic) bond motifs is 2. The summed E-state index contributed by atoms with van der Waals surface area (Å²) in [4.78, 5) is 24.6. The van der Waals surface area contributed by atoms with Crippen molar-refractivity contribution in [2.45, 2.75) is 18.9 Å². The van der Waals surface area contributed by atoms with Crippen LogP contribution in [-0.2, 0) is 13.5 Å². The van der Waals surface area contributed by atoms with Crippen LogP contribution in [0.5, 0.6) is 0 Å². The monoisotopic (exact) mass is 367 g/mol. The number of rotatable bonds is 2. The molecule has 2 aromatic carbocycles. The average molecular weight is 368 g/mol. The molecule has 1 aromatic heterocycles. The highest BCUT2D eigenvalue weighted by molar-refractivity contribution is 6.31. The van der Waals surface area contributed by atoms with E-state index < -0.39 is 0 Å². The van der Waals surface area contributed by atoms with Crippen LogP contribution in [0.3, 0.4) is 0 Å². The van der Waals surface area contributed by atoms with E-state index in [1.165, 1.54) is 4.57 Å². The van der Waals surface area contributed by atoms with Crippen molar-refractivity contribution in [3.63, 3.8) is 0 Å². The van der Waals surface area contributed by atoms with Crippen LogP contribution in [0.2, 0.25) is 5.02 Å². The molecule has 6 heteroatoms. The van der Waals surface area contributed by atoms with Gasteiger partial charge in [0.2, 0.25) is 0 Å². The highest BCUT2D eigenvalue weighted by Gasteiger charge is 2.25. The first-order valence-electron chi connectivity index (χ1n) is 8.47. The minimum atomic E-state index is -0.296. The van der Waals surface area contributed by atoms with Gasteiger partial charge in [-0.1, -0.05) is 29.8 Å². The van der Waals surface area contributed by atoms with Crippen LogP contribution in [0.15, 0.2) is 53.5 Å². The zero-order valence-corrected chi connectivity index (χ0v) is 15.0. The van der Waals surface area contributed by atoms with E-state index in [1.807, 2.05) is 30.3 Å². The Hall–Kier alpha value is -2.79. The van der Waals surface area contributed by atoms with Crippen molar-refractivity contribution in [2.75, 3.05) is 5.32 Å². The molecule has 0 spiro atoms. The Labute approximate surface area is 155 Å². The second-order valence-corrected chi connectivity index (χ2v) is 6.94. The summed E-state index contributed by atoms with van der Waals surface area (Å²) in [6.45, 7) is 0. The Morgan fingerprint density at radius 3 is 2.92 bits per heavy atom. The van der Waals surface area contributed by atoms with Crippen LogP contribution in [0.25, 0.3) is 10.8 Å². The van der Waals surface area contributed by atoms with E-state index >= 15 is 0 Å². The number of hydrogen-bond acceptors (Lipinski definition) is 2. The zero-order valence-electron chi connectivity index (χ0n) is 14.3. The van der Waals surface area contributed by atoms with Gasteiger partial charge in [0.1, 0.15) is 0 Å². The first kappa shape index (κ1) is 16.7. The molecule has 0 radical (unpaired) electrons. The molecule has 2 N–H and O–H groups in total. The summed E-state index contributed by atoms with van der Waals surface area (Å²) in [5.41, 5.74) is 2.67. The van der Waals surface area contributed by atoms with E-state index in [0.29, 0.717) is 11.1 Å². The molecule has 26 heavy (non-hydrogen) atoms. The predicted molar refractivity (Wildman–Crippen MR) is 104 cm³/mol. The number of pyridine rings is 1. The van der Waals surface area contributed by atoms with E-state index in [1.54, 1.807) is 25.4 Å². The fourth-order valence-electron chi connectivity index (χ4n) is 3.50. The van der Waals surface area contributed by atoms with Gasteiger partial charge in [-0.15, -0.1) is 0 Å². The Kier molecular flexibility index (Phi) is 4.17. The van der Waals surface area contributed by atoms with Crippen molar-refractivity contribution in [1.29, 1.82) is 0 Å². The molecular weight excluding hydrogens is 350 g/mol. The van der Waals surface area contributed by atoms with Crippen molar-refractivity contribution in [3.8, 4) is 0 Å². The quantitative estimate of drug-likeness (QED) is 0.719. The Morgan fingerprint density at radius 2 is 2.08 bits per heavy atom. The molecule has 1 aliphatic carbocycles. The van der Waals surface area contributed by atoms with Crippen LogP contribution in [0, 0.1) is 0 Å². The number of nitrogens with zero attached hydrogens (tertiary/aromatic N) is 1. The lowest BCUT2D eigenvalue weighted by Crippen LogP contribution is -2.31. The molecule has 0 bridgehead atoms. The molecule has 3 aromatic rings. The number of aromatic nitrogens is 1. The summed E-state index contributed by atoms with van der Waals surface area (Å²) in [5.74, 6) is 0. The maximum atomic E-state index is 12.4. The van der Waals surface area contributed by atoms with E-state index in [2.05, 4.69) is 10.6 Å². The number of halogens is 1. The molecule has 0 aliphatic heterocycles. The van der Waals surface area contributed by atoms with Gasteiger partial charge < -0.3 is 15.2 Å². The Balaban J connectivity index is 1.53. The molecule has 2 amide bonds. The third-order valence-corrected chi connectivity index (χ3v) is 5.21. The molecule has 1 unspecified atom stereocenters. The lowest BCUT2D eigenvalue weighted by Gasteiger charge is -2.15. The van der Waals surface area contributed by atoms with Crippen LogP contribution >= 0.6 is 11.6 Å². The van der Waals surface area contributed by atoms with Crippen molar-refractivity contribution < 1.29 is 4.79 Å². The standard InChI is InChI=1S/C20H18ClN3O2/c1-24-10-9-12-5-6-13(11-16(12)19(24)25)22-20(26)23-18-8-7-14-15(18)3-2-4-17(14)21/h2-6,9-11,18H,7-8H2,1H3,(H2,22,23,26). The van der Waals surface area contributed by atoms with Gasteiger partial charge in [0.25, 0.3) is 5.56 Å². The number of amides is 2. The minimum absolute atomic E-state index is 0.0583. The molecule has 4 rings (SSSR count). The molecule has 0 fully saturated rings. The molecule has 132 valence electrons. The van der Waals surface area contributed by atoms with Gasteiger partial charge in [0.15, 0.2) is 0 Å². The number of nitrogens with one attached hydrogen (secondary N) is 2. The van der Waals surface area contributed by atoms with E-state index in [9.17, 15) is 9.59 Å². The van der Waals surface area contributed by atoms with Crippen molar-refractivity contribution in [2.24, 2.45) is 7.05 Å². The minimum Gasteiger partial charge on any atom is -0.331 e. The van der Waals surface area contributed by atoms with E-state index in [-0.39, 0.29) is 17.6 Å². The number of hydrogen-bond donors (Lipinski definition) is 2. The molecule has 0 saturated heterocycles. The lowest BCUT2D eigenvalue weighted by molar-refractivity contribution is 0.248. The maximum Gasteiger partial charge on any atom is 0.319 e. The summed E-state index contributed by atoms with van der Waals surface area (Å²) in [7, 11) is 1.71. The second-order valence-electron chi connectivity index (χ2n) is 6.53. The van der Waals surface area contributed by atoms with Gasteiger partial charge in [-0.3, -0.25) is 4.79 Å². The third kappa shape index (κ3) is 2.95. The smallest absolute Gasteiger partial charge is 0.319 e. The topological polar surface area (TPSA) is 63.1 Å². The highest BCUT2D eigenvalue weighted by atomic mass is 35.5. The predicted octanol–water partition coefficient (Wildman–Crippen LogP) is 4.00. The van der Waals surface area contributed by atoms with E-state index in [4.69, 9.17) is 11.6 Å². The summed E-state index contributed by atoms with van der Waals surface area (Å²) in [6.07, 6.45) is 3.41. The van der Waals surface area contributed by atoms with Crippen LogP contribution < -0.4 is 16.2 Å². The average Bonchev–Trinajstić information content (AvgIpc) is 3.03. The second kappa shape index (κ2) is 6.50. The zero-order chi connectivity index (χ0) is 18.3. The maximum absolute atomic E-state index is 12.4. The number of anilines is 1. The van der Waals surface area contributed by atoms with Crippen molar-refractivity contribution in [1.82, 2.24) is 9.88 Å². The van der Waals surface area contributed by atoms with E-state index in [0.717, 1.165) is 34.4 Å². The summed E-state index contributed by atoms with van der Waals surface area (Å²) >= 11 is 6.22. The summed E-state index contributed by atoms with van der Waals surface area (Å²) in [6, 6.07) is 12.6. The Bertz CT molecular complexity index is 1070. The SMILES string of the molecule is Cn1ccc2ccc(NC(=O)NC3CCc4c(Cl)cccc43)cc2c1=O. The number of carbonyl (C=O) groups is 1. The van der Waals surface area contributed by atoms with Gasteiger partial charge in [-0.25, -0.2) is 4.79 Å². The summed E-state index contributed by atoms with van der Waals surface area (Å²) in [5, 5.41) is 7.98. The molecule has 1 heterocycles. The fraction of sp³-hybridized carbons (Fsp3) is 0.200. The number of aryl methyl sites for hydroxylation is 1. The Morgan fingerprint density at radius 1 is 1.23 bits per heavy atom. The van der Waals surface area contributed by atoms with Crippen molar-refractivity contribution in [3.05, 3.63) is 75.2 Å². The number of urea groups is 1. The molecular formula is C20H18ClN3O2.